The molecule has 37 heavy (non-hydrogen) atoms. The second-order valence-electron chi connectivity index (χ2n) is 8.81. The second kappa shape index (κ2) is 16.3. The van der Waals surface area contributed by atoms with Crippen LogP contribution in [0.1, 0.15) is 63.0 Å². The zero-order valence-electron chi connectivity index (χ0n) is 22.8. The second-order valence-corrected chi connectivity index (χ2v) is 8.81. The smallest absolute Gasteiger partial charge is 0.166 e. The summed E-state index contributed by atoms with van der Waals surface area (Å²) in [6.07, 6.45) is 13.5. The minimum atomic E-state index is -0.723. The van der Waals surface area contributed by atoms with Gasteiger partial charge in [-0.15, -0.1) is 0 Å². The fraction of sp³-hybridized carbons (Fsp3) is 0.419. The van der Waals surface area contributed by atoms with E-state index in [-0.39, 0.29) is 11.6 Å². The van der Waals surface area contributed by atoms with E-state index in [0.717, 1.165) is 30.4 Å². The maximum Gasteiger partial charge on any atom is 0.166 e. The van der Waals surface area contributed by atoms with Gasteiger partial charge in [-0.25, -0.2) is 0 Å². The van der Waals surface area contributed by atoms with Gasteiger partial charge in [0.15, 0.2) is 34.6 Å². The summed E-state index contributed by atoms with van der Waals surface area (Å²) in [4.78, 5) is 26.3. The molecule has 0 aromatic heterocycles. The third kappa shape index (κ3) is 9.45. The molecule has 0 radical (unpaired) electrons. The van der Waals surface area contributed by atoms with E-state index in [1.165, 1.54) is 31.4 Å². The normalized spacial score (nSPS) is 11.3. The number of hydrogen-bond donors (Lipinski definition) is 0. The number of methoxy groups -OCH3 is 4. The minimum Gasteiger partial charge on any atom is -0.493 e. The number of carbonyl (C=O) groups excluding carboxylic acids is 2. The summed E-state index contributed by atoms with van der Waals surface area (Å²) < 4.78 is 21.2. The van der Waals surface area contributed by atoms with E-state index in [4.69, 9.17) is 18.9 Å². The van der Waals surface area contributed by atoms with Crippen molar-refractivity contribution in [1.82, 2.24) is 0 Å². The van der Waals surface area contributed by atoms with Crippen LogP contribution in [0.3, 0.4) is 0 Å². The molecule has 0 aliphatic heterocycles. The lowest BCUT2D eigenvalue weighted by atomic mass is 9.91. The van der Waals surface area contributed by atoms with E-state index in [0.29, 0.717) is 29.4 Å². The van der Waals surface area contributed by atoms with Crippen LogP contribution in [0.25, 0.3) is 12.2 Å². The first kappa shape index (κ1) is 29.7. The lowest BCUT2D eigenvalue weighted by molar-refractivity contribution is -0.127. The summed E-state index contributed by atoms with van der Waals surface area (Å²) in [6, 6.07) is 10.8. The van der Waals surface area contributed by atoms with Gasteiger partial charge in [0.2, 0.25) is 0 Å². The van der Waals surface area contributed by atoms with Gasteiger partial charge in [0, 0.05) is 0 Å². The summed E-state index contributed by atoms with van der Waals surface area (Å²) in [5.74, 6) is 1.25. The first-order chi connectivity index (χ1) is 18.0. The molecular formula is C31H40O6. The Labute approximate surface area is 221 Å². The van der Waals surface area contributed by atoms with E-state index >= 15 is 0 Å². The highest BCUT2D eigenvalue weighted by Gasteiger charge is 2.22. The van der Waals surface area contributed by atoms with Crippen LogP contribution < -0.4 is 18.9 Å². The monoisotopic (exact) mass is 508 g/mol. The Morgan fingerprint density at radius 2 is 1.08 bits per heavy atom. The number of ketones is 2. The molecule has 0 unspecified atom stereocenters. The topological polar surface area (TPSA) is 71.1 Å². The van der Waals surface area contributed by atoms with E-state index in [9.17, 15) is 9.59 Å². The van der Waals surface area contributed by atoms with Crippen molar-refractivity contribution >= 4 is 23.7 Å². The lowest BCUT2D eigenvalue weighted by Gasteiger charge is -2.12. The fourth-order valence-electron chi connectivity index (χ4n) is 4.06. The van der Waals surface area contributed by atoms with Crippen LogP contribution in [0.4, 0.5) is 0 Å². The number of unbranched alkanes of at least 4 members (excludes halogenated alkanes) is 5. The number of allylic oxidation sites excluding steroid dienone is 2. The van der Waals surface area contributed by atoms with Crippen molar-refractivity contribution in [3.63, 3.8) is 0 Å². The van der Waals surface area contributed by atoms with Crippen LogP contribution >= 0.6 is 0 Å². The maximum atomic E-state index is 13.2. The van der Waals surface area contributed by atoms with E-state index in [1.54, 1.807) is 64.9 Å². The molecule has 0 atom stereocenters. The quantitative estimate of drug-likeness (QED) is 0.131. The molecule has 2 aromatic carbocycles. The molecule has 0 spiro atoms. The molecule has 0 saturated carbocycles. The first-order valence-electron chi connectivity index (χ1n) is 12.8. The van der Waals surface area contributed by atoms with E-state index in [1.807, 2.05) is 12.1 Å². The van der Waals surface area contributed by atoms with Crippen molar-refractivity contribution in [1.29, 1.82) is 0 Å². The van der Waals surface area contributed by atoms with Crippen molar-refractivity contribution < 1.29 is 28.5 Å². The molecule has 0 aliphatic rings. The average molecular weight is 509 g/mol. The molecule has 0 fully saturated rings. The SMILES string of the molecule is CCCCCCCCC(C(=O)/C=C/c1ccc(OC)c(OC)c1)C(=O)/C=C/c1ccc(OC)c(OC)c1. The Hall–Kier alpha value is -3.54. The highest BCUT2D eigenvalue weighted by atomic mass is 16.5. The Morgan fingerprint density at radius 1 is 0.649 bits per heavy atom. The van der Waals surface area contributed by atoms with E-state index in [2.05, 4.69) is 6.92 Å². The van der Waals surface area contributed by atoms with Crippen molar-refractivity contribution in [2.45, 2.75) is 51.9 Å². The van der Waals surface area contributed by atoms with Crippen molar-refractivity contribution in [3.8, 4) is 23.0 Å². The molecular weight excluding hydrogens is 468 g/mol. The average Bonchev–Trinajstić information content (AvgIpc) is 2.93. The molecule has 2 rings (SSSR count). The molecule has 0 bridgehead atoms. The molecule has 0 heterocycles. The van der Waals surface area contributed by atoms with Crippen molar-refractivity contribution in [3.05, 3.63) is 59.7 Å². The molecule has 2 aromatic rings. The summed E-state index contributed by atoms with van der Waals surface area (Å²) in [5.41, 5.74) is 1.58. The predicted octanol–water partition coefficient (Wildman–Crippen LogP) is 6.95. The maximum absolute atomic E-state index is 13.2. The molecule has 0 aliphatic carbocycles. The van der Waals surface area contributed by atoms with Gasteiger partial charge in [-0.1, -0.05) is 69.7 Å². The zero-order chi connectivity index (χ0) is 27.0. The van der Waals surface area contributed by atoms with Gasteiger partial charge in [-0.2, -0.15) is 0 Å². The minimum absolute atomic E-state index is 0.203. The highest BCUT2D eigenvalue weighted by molar-refractivity contribution is 6.13. The largest absolute Gasteiger partial charge is 0.493 e. The Morgan fingerprint density at radius 3 is 1.51 bits per heavy atom. The van der Waals surface area contributed by atoms with Crippen LogP contribution in [0, 0.1) is 5.92 Å². The number of rotatable bonds is 17. The van der Waals surface area contributed by atoms with Crippen LogP contribution in [0.15, 0.2) is 48.6 Å². The fourth-order valence-corrected chi connectivity index (χ4v) is 4.06. The summed E-state index contributed by atoms with van der Waals surface area (Å²) >= 11 is 0. The van der Waals surface area contributed by atoms with Crippen LogP contribution in [0.2, 0.25) is 0 Å². The first-order valence-corrected chi connectivity index (χ1v) is 12.8. The van der Waals surface area contributed by atoms with Gasteiger partial charge in [0.05, 0.1) is 34.4 Å². The third-order valence-electron chi connectivity index (χ3n) is 6.23. The van der Waals surface area contributed by atoms with Gasteiger partial charge in [0.1, 0.15) is 0 Å². The van der Waals surface area contributed by atoms with Crippen LogP contribution in [0.5, 0.6) is 23.0 Å². The van der Waals surface area contributed by atoms with Gasteiger partial charge < -0.3 is 18.9 Å². The summed E-state index contributed by atoms with van der Waals surface area (Å²) in [6.45, 7) is 2.18. The Bertz CT molecular complexity index is 992. The number of benzene rings is 2. The number of carbonyl (C=O) groups is 2. The Kier molecular flexibility index (Phi) is 13.0. The zero-order valence-corrected chi connectivity index (χ0v) is 22.8. The highest BCUT2D eigenvalue weighted by Crippen LogP contribution is 2.29. The molecule has 0 saturated heterocycles. The van der Waals surface area contributed by atoms with E-state index < -0.39 is 5.92 Å². The van der Waals surface area contributed by atoms with Crippen molar-refractivity contribution in [2.24, 2.45) is 5.92 Å². The molecule has 6 nitrogen and oxygen atoms in total. The van der Waals surface area contributed by atoms with Gasteiger partial charge in [0.25, 0.3) is 0 Å². The lowest BCUT2D eigenvalue weighted by Crippen LogP contribution is -2.21. The summed E-state index contributed by atoms with van der Waals surface area (Å²) in [7, 11) is 6.28. The number of hydrogen-bond acceptors (Lipinski definition) is 6. The molecule has 0 N–H and O–H groups in total. The van der Waals surface area contributed by atoms with Gasteiger partial charge in [-0.3, -0.25) is 9.59 Å². The number of ether oxygens (including phenoxy) is 4. The Balaban J connectivity index is 2.17. The van der Waals surface area contributed by atoms with Crippen LogP contribution in [-0.4, -0.2) is 40.0 Å². The van der Waals surface area contributed by atoms with Crippen LogP contribution in [-0.2, 0) is 9.59 Å². The van der Waals surface area contributed by atoms with Gasteiger partial charge >= 0.3 is 0 Å². The van der Waals surface area contributed by atoms with Crippen molar-refractivity contribution in [2.75, 3.05) is 28.4 Å². The molecule has 0 amide bonds. The third-order valence-corrected chi connectivity index (χ3v) is 6.23. The molecule has 200 valence electrons. The molecule has 6 heteroatoms. The van der Waals surface area contributed by atoms with Gasteiger partial charge in [-0.05, 0) is 54.0 Å². The standard InChI is InChI=1S/C31H40O6/c1-6-7-8-9-10-11-12-25(26(32)17-13-23-15-19-28(34-2)30(21-23)36-4)27(33)18-14-24-16-20-29(35-3)31(22-24)37-5/h13-22,25H,6-12H2,1-5H3/b17-13+,18-14+. The summed E-state index contributed by atoms with van der Waals surface area (Å²) in [5, 5.41) is 0. The predicted molar refractivity (Wildman–Crippen MR) is 149 cm³/mol.